The summed E-state index contributed by atoms with van der Waals surface area (Å²) in [6.45, 7) is -0.514. The van der Waals surface area contributed by atoms with Gasteiger partial charge in [0.25, 0.3) is 0 Å². The maximum absolute atomic E-state index is 15.3. The van der Waals surface area contributed by atoms with E-state index in [9.17, 15) is 22.8 Å². The number of sulfone groups is 1. The Morgan fingerprint density at radius 2 is 1.78 bits per heavy atom. The number of halogens is 1. The van der Waals surface area contributed by atoms with Crippen molar-refractivity contribution in [2.24, 2.45) is 0 Å². The zero-order valence-electron chi connectivity index (χ0n) is 24.5. The monoisotopic (exact) mass is 652 g/mol. The van der Waals surface area contributed by atoms with E-state index >= 15 is 4.39 Å². The molecule has 3 amide bonds. The number of aryl methyl sites for hydroxylation is 1. The van der Waals surface area contributed by atoms with Crippen LogP contribution in [0.15, 0.2) is 66.7 Å². The van der Waals surface area contributed by atoms with E-state index in [1.807, 2.05) is 30.3 Å². The molecule has 236 valence electrons. The minimum atomic E-state index is -4.10. The lowest BCUT2D eigenvalue weighted by atomic mass is 10.0. The van der Waals surface area contributed by atoms with Crippen molar-refractivity contribution in [1.82, 2.24) is 15.6 Å². The average Bonchev–Trinajstić information content (AvgIpc) is 3.75. The number of thiazole rings is 1. The van der Waals surface area contributed by atoms with Crippen molar-refractivity contribution in [2.45, 2.75) is 37.0 Å². The van der Waals surface area contributed by atoms with Crippen molar-refractivity contribution in [3.63, 3.8) is 0 Å². The van der Waals surface area contributed by atoms with Crippen LogP contribution in [0.5, 0.6) is 0 Å². The van der Waals surface area contributed by atoms with E-state index in [-0.39, 0.29) is 41.2 Å². The van der Waals surface area contributed by atoms with Gasteiger partial charge in [0.2, 0.25) is 17.7 Å². The van der Waals surface area contributed by atoms with Gasteiger partial charge in [0, 0.05) is 36.9 Å². The molecule has 1 saturated carbocycles. The number of ether oxygens (including phenoxy) is 1. The predicted molar refractivity (Wildman–Crippen MR) is 171 cm³/mol. The summed E-state index contributed by atoms with van der Waals surface area (Å²) in [6.07, 6.45) is 2.67. The van der Waals surface area contributed by atoms with E-state index in [0.29, 0.717) is 28.8 Å². The van der Waals surface area contributed by atoms with Crippen LogP contribution in [0.4, 0.5) is 10.1 Å². The zero-order chi connectivity index (χ0) is 32.0. The Morgan fingerprint density at radius 3 is 2.47 bits per heavy atom. The first-order chi connectivity index (χ1) is 21.6. The van der Waals surface area contributed by atoms with Crippen LogP contribution in [0.2, 0.25) is 0 Å². The van der Waals surface area contributed by atoms with Crippen LogP contribution >= 0.6 is 11.3 Å². The number of nitrogens with one attached hydrogen (secondary N) is 3. The number of carbonyl (C=O) groups excluding carboxylic acids is 3. The molecule has 0 bridgehead atoms. The van der Waals surface area contributed by atoms with Gasteiger partial charge in [-0.15, -0.1) is 11.3 Å². The number of methoxy groups -OCH3 is 1. The summed E-state index contributed by atoms with van der Waals surface area (Å²) in [5.74, 6) is -2.47. The first-order valence-corrected chi connectivity index (χ1v) is 17.0. The van der Waals surface area contributed by atoms with Gasteiger partial charge in [0.05, 0.1) is 29.1 Å². The fourth-order valence-corrected chi connectivity index (χ4v) is 7.63. The number of fused-ring (bicyclic) bond motifs is 1. The molecular formula is C32H33FN4O6S2. The molecule has 45 heavy (non-hydrogen) atoms. The van der Waals surface area contributed by atoms with Crippen LogP contribution in [0, 0.1) is 5.82 Å². The topological polar surface area (TPSA) is 144 Å². The second-order valence-corrected chi connectivity index (χ2v) is 14.0. The lowest BCUT2D eigenvalue weighted by Gasteiger charge is -2.15. The zero-order valence-corrected chi connectivity index (χ0v) is 26.2. The molecule has 5 rings (SSSR count). The molecule has 13 heteroatoms. The van der Waals surface area contributed by atoms with Gasteiger partial charge in [0.15, 0.2) is 15.1 Å². The summed E-state index contributed by atoms with van der Waals surface area (Å²) in [5, 5.41) is 6.27. The van der Waals surface area contributed by atoms with Crippen LogP contribution in [-0.4, -0.2) is 63.2 Å². The van der Waals surface area contributed by atoms with Crippen LogP contribution in [0.3, 0.4) is 0 Å². The second-order valence-electron chi connectivity index (χ2n) is 10.8. The molecule has 1 heterocycles. The third-order valence-electron chi connectivity index (χ3n) is 7.22. The van der Waals surface area contributed by atoms with Gasteiger partial charge in [-0.2, -0.15) is 0 Å². The van der Waals surface area contributed by atoms with E-state index in [1.54, 1.807) is 30.3 Å². The van der Waals surface area contributed by atoms with Gasteiger partial charge < -0.3 is 20.7 Å². The van der Waals surface area contributed by atoms with Crippen LogP contribution in [0.25, 0.3) is 21.3 Å². The minimum Gasteiger partial charge on any atom is -0.384 e. The van der Waals surface area contributed by atoms with Gasteiger partial charge in [-0.05, 0) is 48.6 Å². The quantitative estimate of drug-likeness (QED) is 0.186. The summed E-state index contributed by atoms with van der Waals surface area (Å²) in [4.78, 5) is 42.0. The number of amides is 3. The van der Waals surface area contributed by atoms with Crippen molar-refractivity contribution in [2.75, 3.05) is 31.3 Å². The van der Waals surface area contributed by atoms with Crippen LogP contribution < -0.4 is 16.0 Å². The van der Waals surface area contributed by atoms with Crippen LogP contribution in [-0.2, 0) is 35.4 Å². The molecule has 0 saturated heterocycles. The Kier molecular flexibility index (Phi) is 10.2. The number of rotatable bonds is 14. The number of nitrogens with zero attached hydrogens (tertiary/aromatic N) is 1. The minimum absolute atomic E-state index is 0.0358. The maximum Gasteiger partial charge on any atom is 0.245 e. The summed E-state index contributed by atoms with van der Waals surface area (Å²) in [5.41, 5.74) is 2.62. The van der Waals surface area contributed by atoms with E-state index in [2.05, 4.69) is 20.9 Å². The van der Waals surface area contributed by atoms with Crippen molar-refractivity contribution in [1.29, 1.82) is 0 Å². The Hall–Kier alpha value is -4.20. The predicted octanol–water partition coefficient (Wildman–Crippen LogP) is 4.17. The number of anilines is 1. The maximum atomic E-state index is 15.3. The van der Waals surface area contributed by atoms with Gasteiger partial charge >= 0.3 is 0 Å². The highest BCUT2D eigenvalue weighted by Gasteiger charge is 2.37. The normalized spacial score (nSPS) is 13.7. The molecule has 0 spiro atoms. The van der Waals surface area contributed by atoms with Crippen molar-refractivity contribution >= 4 is 54.8 Å². The van der Waals surface area contributed by atoms with Gasteiger partial charge in [-0.1, -0.05) is 42.5 Å². The highest BCUT2D eigenvalue weighted by molar-refractivity contribution is 7.92. The van der Waals surface area contributed by atoms with Gasteiger partial charge in [-0.25, -0.2) is 17.8 Å². The summed E-state index contributed by atoms with van der Waals surface area (Å²) < 4.78 is 47.2. The smallest absolute Gasteiger partial charge is 0.245 e. The first-order valence-electron chi connectivity index (χ1n) is 14.4. The fraction of sp³-hybridized carbons (Fsp3) is 0.312. The number of aromatic nitrogens is 1. The summed E-state index contributed by atoms with van der Waals surface area (Å²) >= 11 is 0.966. The standard InChI is InChI=1S/C32H33FN4O6S2/c1-43-15-16-45(41,42)30(31(40)34-19-29(39)36-23-12-13-23)32-37-26-18-25(33)24(17-27(26)44-32)21-8-10-22(11-9-21)35-28(38)14-7-20-5-3-2-4-6-20/h2-6,8-11,17-18,23,30H,7,12-16,19H2,1H3,(H,34,40)(H,35,38)(H,36,39). The summed E-state index contributed by atoms with van der Waals surface area (Å²) in [6, 6.07) is 19.3. The Morgan fingerprint density at radius 1 is 1.04 bits per heavy atom. The molecule has 10 nitrogen and oxygen atoms in total. The lowest BCUT2D eigenvalue weighted by Crippen LogP contribution is -2.41. The Labute approximate surface area is 264 Å². The molecule has 0 radical (unpaired) electrons. The van der Waals surface area contributed by atoms with Crippen molar-refractivity contribution < 1.29 is 31.9 Å². The molecule has 1 fully saturated rings. The Balaban J connectivity index is 1.33. The van der Waals surface area contributed by atoms with Gasteiger partial charge in [0.1, 0.15) is 10.8 Å². The molecule has 1 atom stereocenters. The highest BCUT2D eigenvalue weighted by atomic mass is 32.2. The largest absolute Gasteiger partial charge is 0.384 e. The fourth-order valence-electron chi connectivity index (χ4n) is 4.67. The summed E-state index contributed by atoms with van der Waals surface area (Å²) in [7, 11) is -2.75. The molecule has 1 aromatic heterocycles. The second kappa shape index (κ2) is 14.3. The number of hydrogen-bond donors (Lipinski definition) is 3. The lowest BCUT2D eigenvalue weighted by molar-refractivity contribution is -0.126. The molecule has 3 N–H and O–H groups in total. The van der Waals surface area contributed by atoms with E-state index in [4.69, 9.17) is 4.74 Å². The third-order valence-corrected chi connectivity index (χ3v) is 10.3. The molecule has 3 aromatic carbocycles. The van der Waals surface area contributed by atoms with Crippen molar-refractivity contribution in [3.8, 4) is 11.1 Å². The molecule has 0 aliphatic heterocycles. The average molecular weight is 653 g/mol. The van der Waals surface area contributed by atoms with E-state index < -0.39 is 38.5 Å². The van der Waals surface area contributed by atoms with E-state index in [1.165, 1.54) is 13.2 Å². The van der Waals surface area contributed by atoms with Crippen molar-refractivity contribution in [3.05, 3.63) is 83.1 Å². The molecule has 1 unspecified atom stereocenters. The van der Waals surface area contributed by atoms with Gasteiger partial charge in [-0.3, -0.25) is 14.4 Å². The number of benzene rings is 3. The van der Waals surface area contributed by atoms with Crippen LogP contribution in [0.1, 0.15) is 35.1 Å². The first kappa shape index (κ1) is 32.2. The molecular weight excluding hydrogens is 620 g/mol. The SMILES string of the molecule is COCCS(=O)(=O)C(C(=O)NCC(=O)NC1CC1)c1nc2cc(F)c(-c3ccc(NC(=O)CCc4ccccc4)cc3)cc2s1. The molecule has 4 aromatic rings. The van der Waals surface area contributed by atoms with E-state index in [0.717, 1.165) is 29.7 Å². The number of hydrogen-bond acceptors (Lipinski definition) is 8. The highest BCUT2D eigenvalue weighted by Crippen LogP contribution is 2.35. The molecule has 1 aliphatic rings. The molecule has 1 aliphatic carbocycles. The third kappa shape index (κ3) is 8.50. The Bertz CT molecular complexity index is 1790. The number of carbonyl (C=O) groups is 3.